The number of thiophene rings is 1. The predicted molar refractivity (Wildman–Crippen MR) is 138 cm³/mol. The van der Waals surface area contributed by atoms with Crippen molar-refractivity contribution < 1.29 is 14.3 Å². The molecule has 4 aromatic rings. The predicted octanol–water partition coefficient (Wildman–Crippen LogP) is 5.21. The highest BCUT2D eigenvalue weighted by atomic mass is 32.1. The van der Waals surface area contributed by atoms with Gasteiger partial charge in [-0.05, 0) is 48.4 Å². The standard InChI is InChI=1S/C28H27N3O3S/c1-2-20-8-10-27(35-20)24-16-22(21-5-3-4-6-23(21)29-24)28(32)31-13-11-30(12-14-31)17-19-7-9-25-26(15-19)34-18-33-25/h3-10,15-16H,2,11-14,17-18H2,1H3. The van der Waals surface area contributed by atoms with Gasteiger partial charge in [0.25, 0.3) is 5.91 Å². The monoisotopic (exact) mass is 485 g/mol. The van der Waals surface area contributed by atoms with Gasteiger partial charge >= 0.3 is 0 Å². The Balaban J connectivity index is 1.20. The van der Waals surface area contributed by atoms with Gasteiger partial charge in [-0.2, -0.15) is 0 Å². The molecule has 0 radical (unpaired) electrons. The molecule has 1 fully saturated rings. The maximum atomic E-state index is 13.7. The Morgan fingerprint density at radius 1 is 0.971 bits per heavy atom. The molecule has 0 aliphatic carbocycles. The Morgan fingerprint density at radius 2 is 1.80 bits per heavy atom. The first-order valence-electron chi connectivity index (χ1n) is 12.1. The number of amides is 1. The first-order chi connectivity index (χ1) is 17.2. The number of nitrogens with zero attached hydrogens (tertiary/aromatic N) is 3. The summed E-state index contributed by atoms with van der Waals surface area (Å²) in [6, 6.07) is 20.3. The lowest BCUT2D eigenvalue weighted by Crippen LogP contribution is -2.48. The number of fused-ring (bicyclic) bond motifs is 2. The summed E-state index contributed by atoms with van der Waals surface area (Å²) in [5.41, 5.74) is 3.67. The molecule has 2 aromatic carbocycles. The maximum Gasteiger partial charge on any atom is 0.254 e. The summed E-state index contributed by atoms with van der Waals surface area (Å²) < 4.78 is 10.9. The Kier molecular flexibility index (Phi) is 5.88. The van der Waals surface area contributed by atoms with Crippen molar-refractivity contribution in [2.45, 2.75) is 19.9 Å². The van der Waals surface area contributed by atoms with E-state index < -0.39 is 0 Å². The number of carbonyl (C=O) groups is 1. The fraction of sp³-hybridized carbons (Fsp3) is 0.286. The van der Waals surface area contributed by atoms with E-state index >= 15 is 0 Å². The number of piperazine rings is 1. The van der Waals surface area contributed by atoms with Crippen LogP contribution in [-0.2, 0) is 13.0 Å². The zero-order valence-corrected chi connectivity index (χ0v) is 20.5. The number of pyridine rings is 1. The molecule has 0 unspecified atom stereocenters. The summed E-state index contributed by atoms with van der Waals surface area (Å²) in [4.78, 5) is 25.4. The van der Waals surface area contributed by atoms with Crippen LogP contribution in [-0.4, -0.2) is 53.7 Å². The van der Waals surface area contributed by atoms with Crippen LogP contribution in [0.15, 0.2) is 60.7 Å². The molecule has 2 aliphatic rings. The third kappa shape index (κ3) is 4.37. The number of aryl methyl sites for hydroxylation is 1. The lowest BCUT2D eigenvalue weighted by molar-refractivity contribution is 0.0630. The Bertz CT molecular complexity index is 1390. The second kappa shape index (κ2) is 9.32. The van der Waals surface area contributed by atoms with Crippen LogP contribution in [0.25, 0.3) is 21.5 Å². The van der Waals surface area contributed by atoms with Gasteiger partial charge in [0, 0.05) is 43.0 Å². The molecule has 6 rings (SSSR count). The van der Waals surface area contributed by atoms with E-state index in [4.69, 9.17) is 14.5 Å². The average molecular weight is 486 g/mol. The lowest BCUT2D eigenvalue weighted by Gasteiger charge is -2.35. The van der Waals surface area contributed by atoms with Gasteiger partial charge in [0.15, 0.2) is 11.5 Å². The second-order valence-corrected chi connectivity index (χ2v) is 10.1. The number of para-hydroxylation sites is 1. The van der Waals surface area contributed by atoms with Crippen LogP contribution in [0.5, 0.6) is 11.5 Å². The third-order valence-electron chi connectivity index (χ3n) is 6.71. The average Bonchev–Trinajstić information content (AvgIpc) is 3.57. The van der Waals surface area contributed by atoms with Crippen molar-refractivity contribution in [2.24, 2.45) is 0 Å². The van der Waals surface area contributed by atoms with E-state index in [1.165, 1.54) is 10.4 Å². The van der Waals surface area contributed by atoms with E-state index in [0.717, 1.165) is 64.6 Å². The van der Waals surface area contributed by atoms with Crippen molar-refractivity contribution in [3.8, 4) is 22.1 Å². The largest absolute Gasteiger partial charge is 0.454 e. The highest BCUT2D eigenvalue weighted by molar-refractivity contribution is 7.15. The first-order valence-corrected chi connectivity index (χ1v) is 12.9. The van der Waals surface area contributed by atoms with E-state index in [2.05, 4.69) is 36.1 Å². The van der Waals surface area contributed by atoms with Crippen molar-refractivity contribution in [3.63, 3.8) is 0 Å². The zero-order valence-electron chi connectivity index (χ0n) is 19.7. The fourth-order valence-corrected chi connectivity index (χ4v) is 5.67. The number of carbonyl (C=O) groups excluding carboxylic acids is 1. The van der Waals surface area contributed by atoms with Crippen molar-refractivity contribution in [2.75, 3.05) is 33.0 Å². The van der Waals surface area contributed by atoms with Crippen LogP contribution in [0, 0.1) is 0 Å². The number of ether oxygens (including phenoxy) is 2. The number of hydrogen-bond donors (Lipinski definition) is 0. The molecule has 0 saturated carbocycles. The molecule has 7 heteroatoms. The highest BCUT2D eigenvalue weighted by Gasteiger charge is 2.25. The van der Waals surface area contributed by atoms with Crippen molar-refractivity contribution >= 4 is 28.1 Å². The smallest absolute Gasteiger partial charge is 0.254 e. The third-order valence-corrected chi connectivity index (χ3v) is 7.96. The van der Waals surface area contributed by atoms with Gasteiger partial charge in [0.05, 0.1) is 21.7 Å². The van der Waals surface area contributed by atoms with E-state index in [1.807, 2.05) is 41.3 Å². The van der Waals surface area contributed by atoms with Gasteiger partial charge < -0.3 is 14.4 Å². The summed E-state index contributed by atoms with van der Waals surface area (Å²) in [6.45, 7) is 6.35. The summed E-state index contributed by atoms with van der Waals surface area (Å²) in [7, 11) is 0. The molecule has 0 spiro atoms. The molecular formula is C28H27N3O3S. The van der Waals surface area contributed by atoms with Crippen LogP contribution in [0.2, 0.25) is 0 Å². The van der Waals surface area contributed by atoms with Gasteiger partial charge in [-0.25, -0.2) is 4.98 Å². The normalized spacial score (nSPS) is 15.6. The SMILES string of the molecule is CCc1ccc(-c2cc(C(=O)N3CCN(Cc4ccc5c(c4)OCO5)CC3)c3ccccc3n2)s1. The van der Waals surface area contributed by atoms with Crippen molar-refractivity contribution in [3.05, 3.63) is 76.7 Å². The summed E-state index contributed by atoms with van der Waals surface area (Å²) >= 11 is 1.75. The zero-order chi connectivity index (χ0) is 23.8. The van der Waals surface area contributed by atoms with Gasteiger partial charge in [-0.15, -0.1) is 11.3 Å². The first kappa shape index (κ1) is 22.1. The lowest BCUT2D eigenvalue weighted by atomic mass is 10.0. The topological polar surface area (TPSA) is 54.9 Å². The Morgan fingerprint density at radius 3 is 2.63 bits per heavy atom. The van der Waals surface area contributed by atoms with Crippen molar-refractivity contribution in [1.29, 1.82) is 0 Å². The van der Waals surface area contributed by atoms with Crippen LogP contribution < -0.4 is 9.47 Å². The molecule has 0 N–H and O–H groups in total. The molecule has 2 aliphatic heterocycles. The van der Waals surface area contributed by atoms with Crippen LogP contribution in [0.1, 0.15) is 27.7 Å². The van der Waals surface area contributed by atoms with Gasteiger partial charge in [0.2, 0.25) is 6.79 Å². The number of benzene rings is 2. The quantitative estimate of drug-likeness (QED) is 0.388. The minimum Gasteiger partial charge on any atom is -0.454 e. The van der Waals surface area contributed by atoms with Crippen LogP contribution in [0.4, 0.5) is 0 Å². The van der Waals surface area contributed by atoms with Gasteiger partial charge in [-0.1, -0.05) is 31.2 Å². The molecule has 0 bridgehead atoms. The van der Waals surface area contributed by atoms with Gasteiger partial charge in [-0.3, -0.25) is 9.69 Å². The van der Waals surface area contributed by atoms with E-state index in [0.29, 0.717) is 13.1 Å². The van der Waals surface area contributed by atoms with Crippen LogP contribution >= 0.6 is 11.3 Å². The molecule has 178 valence electrons. The number of hydrogen-bond acceptors (Lipinski definition) is 6. The summed E-state index contributed by atoms with van der Waals surface area (Å²) in [5, 5.41) is 0.913. The number of aromatic nitrogens is 1. The van der Waals surface area contributed by atoms with Crippen LogP contribution in [0.3, 0.4) is 0 Å². The second-order valence-electron chi connectivity index (χ2n) is 8.95. The fourth-order valence-electron chi connectivity index (χ4n) is 4.76. The number of rotatable bonds is 5. The molecule has 1 saturated heterocycles. The Labute approximate surface area is 208 Å². The summed E-state index contributed by atoms with van der Waals surface area (Å²) in [6.07, 6.45) is 1.00. The van der Waals surface area contributed by atoms with Crippen molar-refractivity contribution in [1.82, 2.24) is 14.8 Å². The molecule has 6 nitrogen and oxygen atoms in total. The molecular weight excluding hydrogens is 458 g/mol. The van der Waals surface area contributed by atoms with E-state index in [9.17, 15) is 4.79 Å². The minimum atomic E-state index is 0.0832. The van der Waals surface area contributed by atoms with E-state index in [1.54, 1.807) is 11.3 Å². The van der Waals surface area contributed by atoms with E-state index in [-0.39, 0.29) is 12.7 Å². The molecule has 1 amide bonds. The van der Waals surface area contributed by atoms with Gasteiger partial charge in [0.1, 0.15) is 0 Å². The molecule has 35 heavy (non-hydrogen) atoms. The Hall–Kier alpha value is -3.42. The minimum absolute atomic E-state index is 0.0832. The molecule has 4 heterocycles. The molecule has 0 atom stereocenters. The molecule has 2 aromatic heterocycles. The summed E-state index contributed by atoms with van der Waals surface area (Å²) in [5.74, 6) is 1.70. The highest BCUT2D eigenvalue weighted by Crippen LogP contribution is 2.33. The maximum absolute atomic E-state index is 13.7.